The molecule has 1 saturated carbocycles. The van der Waals surface area contributed by atoms with Gasteiger partial charge in [0.2, 0.25) is 5.91 Å². The highest BCUT2D eigenvalue weighted by Crippen LogP contribution is 2.33. The van der Waals surface area contributed by atoms with Crippen LogP contribution in [0.4, 0.5) is 10.1 Å². The van der Waals surface area contributed by atoms with Crippen molar-refractivity contribution in [2.75, 3.05) is 18.5 Å². The highest BCUT2D eigenvalue weighted by Gasteiger charge is 2.22. The van der Waals surface area contributed by atoms with Crippen LogP contribution in [0.5, 0.6) is 5.75 Å². The van der Waals surface area contributed by atoms with Crippen LogP contribution in [0.1, 0.15) is 59.5 Å². The van der Waals surface area contributed by atoms with Crippen LogP contribution >= 0.6 is 11.9 Å². The molecule has 0 radical (unpaired) electrons. The van der Waals surface area contributed by atoms with Gasteiger partial charge in [-0.15, -0.1) is 0 Å². The van der Waals surface area contributed by atoms with Crippen LogP contribution in [0.2, 0.25) is 0 Å². The Labute approximate surface area is 220 Å². The number of halogens is 1. The van der Waals surface area contributed by atoms with Crippen molar-refractivity contribution in [3.8, 4) is 5.75 Å². The number of likely N-dealkylation sites (N-methyl/N-ethyl adjacent to an activating group) is 1. The zero-order chi connectivity index (χ0) is 26.4. The third-order valence-electron chi connectivity index (χ3n) is 6.65. The lowest BCUT2D eigenvalue weighted by molar-refractivity contribution is -0.118. The second-order valence-electron chi connectivity index (χ2n) is 9.39. The summed E-state index contributed by atoms with van der Waals surface area (Å²) < 4.78 is 15.0. The summed E-state index contributed by atoms with van der Waals surface area (Å²) in [5.41, 5.74) is 2.43. The van der Waals surface area contributed by atoms with Crippen LogP contribution in [0, 0.1) is 5.82 Å². The van der Waals surface area contributed by atoms with Gasteiger partial charge in [0.15, 0.2) is 0 Å². The summed E-state index contributed by atoms with van der Waals surface area (Å²) in [6, 6.07) is 18.5. The maximum absolute atomic E-state index is 13.5. The molecule has 0 aliphatic heterocycles. The number of hydrogen-bond donors (Lipinski definition) is 2. The van der Waals surface area contributed by atoms with E-state index < -0.39 is 11.7 Å². The van der Waals surface area contributed by atoms with E-state index >= 15 is 0 Å². The van der Waals surface area contributed by atoms with Gasteiger partial charge in [0.05, 0.1) is 13.1 Å². The van der Waals surface area contributed by atoms with Crippen molar-refractivity contribution in [1.82, 2.24) is 4.31 Å². The van der Waals surface area contributed by atoms with Crippen molar-refractivity contribution in [1.29, 1.82) is 0 Å². The average molecular weight is 523 g/mol. The molecule has 0 aromatic heterocycles. The van der Waals surface area contributed by atoms with Crippen LogP contribution in [-0.2, 0) is 11.3 Å². The molecule has 0 unspecified atom stereocenters. The van der Waals surface area contributed by atoms with Crippen molar-refractivity contribution in [3.05, 3.63) is 89.2 Å². The van der Waals surface area contributed by atoms with E-state index in [-0.39, 0.29) is 30.4 Å². The number of hydrogen-bond acceptors (Lipinski definition) is 5. The van der Waals surface area contributed by atoms with Crippen molar-refractivity contribution in [2.45, 2.75) is 49.5 Å². The standard InChI is InChI=1S/C29H31FN2O4S/c1-31(37-25-14-11-23(30)12-15-25)19-28(34)32(24-13-16-26(29(35)36)27(33)17-24)18-20-7-9-22(10-8-20)21-5-3-2-4-6-21/h7-17,21,33H,2-6,18-19H2,1H3,(H,35,36). The molecule has 194 valence electrons. The molecule has 6 nitrogen and oxygen atoms in total. The van der Waals surface area contributed by atoms with Gasteiger partial charge in [-0.1, -0.05) is 43.5 Å². The topological polar surface area (TPSA) is 81.1 Å². The number of aromatic hydroxyl groups is 1. The van der Waals surface area contributed by atoms with E-state index in [1.54, 1.807) is 28.4 Å². The predicted octanol–water partition coefficient (Wildman–Crippen LogP) is 6.45. The summed E-state index contributed by atoms with van der Waals surface area (Å²) in [7, 11) is 1.77. The summed E-state index contributed by atoms with van der Waals surface area (Å²) in [6.07, 6.45) is 6.23. The lowest BCUT2D eigenvalue weighted by Gasteiger charge is -2.26. The SMILES string of the molecule is CN(CC(=O)N(Cc1ccc(C2CCCCC2)cc1)c1ccc(C(=O)O)c(O)c1)Sc1ccc(F)cc1. The van der Waals surface area contributed by atoms with Gasteiger partial charge in [0.1, 0.15) is 17.1 Å². The number of carbonyl (C=O) groups excluding carboxylic acids is 1. The predicted molar refractivity (Wildman–Crippen MR) is 143 cm³/mol. The Bertz CT molecular complexity index is 1230. The zero-order valence-electron chi connectivity index (χ0n) is 20.8. The molecule has 1 amide bonds. The second-order valence-corrected chi connectivity index (χ2v) is 10.7. The van der Waals surface area contributed by atoms with E-state index in [1.807, 2.05) is 12.1 Å². The first-order chi connectivity index (χ1) is 17.8. The summed E-state index contributed by atoms with van der Waals surface area (Å²) in [6.45, 7) is 0.314. The molecule has 1 aliphatic rings. The molecule has 4 rings (SSSR count). The lowest BCUT2D eigenvalue weighted by Crippen LogP contribution is -2.36. The first-order valence-corrected chi connectivity index (χ1v) is 13.2. The van der Waals surface area contributed by atoms with Gasteiger partial charge >= 0.3 is 5.97 Å². The number of nitrogens with zero attached hydrogens (tertiary/aromatic N) is 2. The number of rotatable bonds is 9. The highest BCUT2D eigenvalue weighted by atomic mass is 32.2. The Morgan fingerprint density at radius 2 is 1.65 bits per heavy atom. The van der Waals surface area contributed by atoms with Crippen LogP contribution in [0.3, 0.4) is 0 Å². The molecule has 1 fully saturated rings. The number of aromatic carboxylic acids is 1. The number of anilines is 1. The van der Waals surface area contributed by atoms with Crippen LogP contribution < -0.4 is 4.90 Å². The normalized spacial score (nSPS) is 14.0. The van der Waals surface area contributed by atoms with E-state index in [2.05, 4.69) is 12.1 Å². The second kappa shape index (κ2) is 12.3. The van der Waals surface area contributed by atoms with Gasteiger partial charge in [-0.2, -0.15) is 0 Å². The fourth-order valence-electron chi connectivity index (χ4n) is 4.69. The van der Waals surface area contributed by atoms with Gasteiger partial charge in [-0.05, 0) is 85.3 Å². The number of amides is 1. The third-order valence-corrected chi connectivity index (χ3v) is 7.58. The largest absolute Gasteiger partial charge is 0.507 e. The molecule has 37 heavy (non-hydrogen) atoms. The smallest absolute Gasteiger partial charge is 0.339 e. The fourth-order valence-corrected chi connectivity index (χ4v) is 5.48. The highest BCUT2D eigenvalue weighted by molar-refractivity contribution is 7.97. The van der Waals surface area contributed by atoms with Crippen molar-refractivity contribution in [3.63, 3.8) is 0 Å². The minimum absolute atomic E-state index is 0.0453. The van der Waals surface area contributed by atoms with E-state index in [1.165, 1.54) is 79.9 Å². The minimum atomic E-state index is -1.24. The number of carboxylic acid groups (broad SMARTS) is 1. The average Bonchev–Trinajstić information content (AvgIpc) is 2.89. The van der Waals surface area contributed by atoms with Crippen molar-refractivity contribution in [2.24, 2.45) is 0 Å². The molecule has 3 aromatic rings. The molecule has 3 aromatic carbocycles. The number of phenols is 1. The quantitative estimate of drug-likeness (QED) is 0.315. The molecule has 1 aliphatic carbocycles. The molecule has 0 atom stereocenters. The molecular weight excluding hydrogens is 491 g/mol. The maximum atomic E-state index is 13.5. The van der Waals surface area contributed by atoms with E-state index in [9.17, 15) is 24.2 Å². The van der Waals surface area contributed by atoms with Gasteiger partial charge in [-0.25, -0.2) is 13.5 Å². The fraction of sp³-hybridized carbons (Fsp3) is 0.310. The Hall–Kier alpha value is -3.36. The molecule has 0 spiro atoms. The summed E-state index contributed by atoms with van der Waals surface area (Å²) in [5, 5.41) is 19.6. The van der Waals surface area contributed by atoms with Gasteiger partial charge in [0, 0.05) is 16.6 Å². The van der Waals surface area contributed by atoms with Gasteiger partial charge in [0.25, 0.3) is 0 Å². The summed E-state index contributed by atoms with van der Waals surface area (Å²) in [4.78, 5) is 27.2. The summed E-state index contributed by atoms with van der Waals surface area (Å²) >= 11 is 1.32. The van der Waals surface area contributed by atoms with E-state index in [4.69, 9.17) is 0 Å². The van der Waals surface area contributed by atoms with Crippen LogP contribution in [0.15, 0.2) is 71.6 Å². The molecule has 8 heteroatoms. The molecule has 2 N–H and O–H groups in total. The van der Waals surface area contributed by atoms with Crippen molar-refractivity contribution < 1.29 is 24.2 Å². The molecule has 0 bridgehead atoms. The van der Waals surface area contributed by atoms with E-state index in [0.717, 1.165) is 10.5 Å². The monoisotopic (exact) mass is 522 g/mol. The Morgan fingerprint density at radius 3 is 2.27 bits per heavy atom. The third kappa shape index (κ3) is 7.11. The van der Waals surface area contributed by atoms with E-state index in [0.29, 0.717) is 11.6 Å². The first kappa shape index (κ1) is 26.7. The van der Waals surface area contributed by atoms with Crippen LogP contribution in [-0.4, -0.2) is 40.0 Å². The van der Waals surface area contributed by atoms with Crippen molar-refractivity contribution >= 4 is 29.5 Å². The minimum Gasteiger partial charge on any atom is -0.507 e. The lowest BCUT2D eigenvalue weighted by atomic mass is 9.84. The Morgan fingerprint density at radius 1 is 0.973 bits per heavy atom. The first-order valence-electron chi connectivity index (χ1n) is 12.4. The van der Waals surface area contributed by atoms with Gasteiger partial charge in [-0.3, -0.25) is 4.79 Å². The number of carboxylic acids is 1. The maximum Gasteiger partial charge on any atom is 0.339 e. The number of carbonyl (C=O) groups is 2. The number of benzene rings is 3. The van der Waals surface area contributed by atoms with Gasteiger partial charge < -0.3 is 15.1 Å². The Kier molecular flexibility index (Phi) is 8.84. The molecular formula is C29H31FN2O4S. The molecule has 0 heterocycles. The Balaban J connectivity index is 1.53. The summed E-state index contributed by atoms with van der Waals surface area (Å²) in [5.74, 6) is -1.61. The molecule has 0 saturated heterocycles. The zero-order valence-corrected chi connectivity index (χ0v) is 21.6. The van der Waals surface area contributed by atoms with Crippen LogP contribution in [0.25, 0.3) is 0 Å².